The van der Waals surface area contributed by atoms with Crippen molar-refractivity contribution in [3.05, 3.63) is 36.7 Å². The Labute approximate surface area is 164 Å². The first-order valence-corrected chi connectivity index (χ1v) is 9.06. The summed E-state index contributed by atoms with van der Waals surface area (Å²) in [6.45, 7) is 0. The van der Waals surface area contributed by atoms with Crippen LogP contribution in [0.3, 0.4) is 0 Å². The standard InChI is InChI=1S/C14H11BrIN3O4S/c1-22-10-4-8(15)7(3-9(10)16)6-17-19-14-18-13(21)11(24-14)5-12(20)23-2/h3-6H,1-2H3,(H,18,19,21)/b11-5+,17-6?. The van der Waals surface area contributed by atoms with Crippen LogP contribution in [0.5, 0.6) is 5.75 Å². The van der Waals surface area contributed by atoms with Gasteiger partial charge >= 0.3 is 5.97 Å². The average molecular weight is 524 g/mol. The molecule has 0 aromatic heterocycles. The van der Waals surface area contributed by atoms with Crippen molar-refractivity contribution < 1.29 is 19.1 Å². The molecule has 1 aliphatic rings. The maximum Gasteiger partial charge on any atom is 0.331 e. The molecule has 1 fully saturated rings. The van der Waals surface area contributed by atoms with Crippen LogP contribution in [0.1, 0.15) is 5.56 Å². The summed E-state index contributed by atoms with van der Waals surface area (Å²) in [4.78, 5) is 23.0. The summed E-state index contributed by atoms with van der Waals surface area (Å²) in [5, 5.41) is 10.7. The number of amides is 1. The highest BCUT2D eigenvalue weighted by atomic mass is 127. The summed E-state index contributed by atoms with van der Waals surface area (Å²) in [5.41, 5.74) is 0.809. The van der Waals surface area contributed by atoms with Crippen LogP contribution in [-0.2, 0) is 14.3 Å². The Bertz CT molecular complexity index is 780. The average Bonchev–Trinajstić information content (AvgIpc) is 2.89. The fraction of sp³-hybridized carbons (Fsp3) is 0.143. The Morgan fingerprint density at radius 2 is 2.17 bits per heavy atom. The third kappa shape index (κ3) is 4.80. The minimum Gasteiger partial charge on any atom is -0.496 e. The van der Waals surface area contributed by atoms with Gasteiger partial charge < -0.3 is 9.47 Å². The number of benzene rings is 1. The molecule has 24 heavy (non-hydrogen) atoms. The predicted molar refractivity (Wildman–Crippen MR) is 104 cm³/mol. The molecule has 0 saturated carbocycles. The van der Waals surface area contributed by atoms with Gasteiger partial charge in [0, 0.05) is 16.1 Å². The molecule has 0 unspecified atom stereocenters. The number of hydrogen-bond acceptors (Lipinski definition) is 7. The van der Waals surface area contributed by atoms with E-state index in [1.54, 1.807) is 13.3 Å². The third-order valence-corrected chi connectivity index (χ3v) is 5.15. The van der Waals surface area contributed by atoms with Crippen LogP contribution < -0.4 is 10.1 Å². The Kier molecular flexibility index (Phi) is 6.80. The van der Waals surface area contributed by atoms with Crippen molar-refractivity contribution in [1.82, 2.24) is 5.32 Å². The molecule has 126 valence electrons. The Morgan fingerprint density at radius 3 is 2.83 bits per heavy atom. The number of methoxy groups -OCH3 is 2. The first kappa shape index (κ1) is 18.9. The number of hydrogen-bond donors (Lipinski definition) is 1. The van der Waals surface area contributed by atoms with Crippen molar-refractivity contribution in [1.29, 1.82) is 0 Å². The Hall–Kier alpha value is -1.40. The smallest absolute Gasteiger partial charge is 0.331 e. The number of nitrogens with one attached hydrogen (secondary N) is 1. The molecule has 7 nitrogen and oxygen atoms in total. The molecule has 0 aliphatic carbocycles. The van der Waals surface area contributed by atoms with Crippen molar-refractivity contribution in [2.75, 3.05) is 14.2 Å². The van der Waals surface area contributed by atoms with Crippen LogP contribution in [0.25, 0.3) is 0 Å². The minimum absolute atomic E-state index is 0.205. The van der Waals surface area contributed by atoms with Gasteiger partial charge in [-0.2, -0.15) is 5.10 Å². The van der Waals surface area contributed by atoms with Gasteiger partial charge in [-0.1, -0.05) is 0 Å². The lowest BCUT2D eigenvalue weighted by atomic mass is 10.2. The predicted octanol–water partition coefficient (Wildman–Crippen LogP) is 2.67. The van der Waals surface area contributed by atoms with Crippen molar-refractivity contribution in [3.63, 3.8) is 0 Å². The van der Waals surface area contributed by atoms with Gasteiger partial charge in [-0.3, -0.25) is 10.1 Å². The highest BCUT2D eigenvalue weighted by Gasteiger charge is 2.25. The number of amidine groups is 1. The van der Waals surface area contributed by atoms with E-state index < -0.39 is 11.9 Å². The largest absolute Gasteiger partial charge is 0.496 e. The molecule has 0 radical (unpaired) electrons. The normalized spacial score (nSPS) is 17.6. The van der Waals surface area contributed by atoms with Crippen LogP contribution in [0.4, 0.5) is 0 Å². The van der Waals surface area contributed by atoms with E-state index >= 15 is 0 Å². The van der Waals surface area contributed by atoms with E-state index in [1.165, 1.54) is 7.11 Å². The molecule has 1 aromatic carbocycles. The van der Waals surface area contributed by atoms with E-state index in [0.717, 1.165) is 37.2 Å². The third-order valence-electron chi connectivity index (χ3n) is 2.72. The van der Waals surface area contributed by atoms with Crippen molar-refractivity contribution in [2.24, 2.45) is 10.2 Å². The number of halogens is 2. The maximum atomic E-state index is 11.7. The highest BCUT2D eigenvalue weighted by Crippen LogP contribution is 2.28. The molecule has 1 aliphatic heterocycles. The fourth-order valence-corrected chi connectivity index (χ4v) is 3.46. The van der Waals surface area contributed by atoms with E-state index in [0.29, 0.717) is 0 Å². The molecule has 1 saturated heterocycles. The summed E-state index contributed by atoms with van der Waals surface area (Å²) >= 11 is 6.60. The van der Waals surface area contributed by atoms with Crippen molar-refractivity contribution in [2.45, 2.75) is 0 Å². The maximum absolute atomic E-state index is 11.7. The number of nitrogens with zero attached hydrogens (tertiary/aromatic N) is 2. The first-order chi connectivity index (χ1) is 11.4. The zero-order valence-electron chi connectivity index (χ0n) is 12.5. The monoisotopic (exact) mass is 523 g/mol. The number of esters is 1. The molecule has 0 atom stereocenters. The van der Waals surface area contributed by atoms with Gasteiger partial charge in [0.2, 0.25) is 0 Å². The molecule has 1 aromatic rings. The highest BCUT2D eigenvalue weighted by molar-refractivity contribution is 14.1. The lowest BCUT2D eigenvalue weighted by Gasteiger charge is -2.05. The van der Waals surface area contributed by atoms with Gasteiger partial charge in [-0.05, 0) is 62.4 Å². The fourth-order valence-electron chi connectivity index (χ4n) is 1.58. The van der Waals surface area contributed by atoms with Crippen LogP contribution in [0.15, 0.2) is 37.8 Å². The number of rotatable bonds is 4. The minimum atomic E-state index is -0.603. The number of carbonyl (C=O) groups is 2. The lowest BCUT2D eigenvalue weighted by Crippen LogP contribution is -2.19. The van der Waals surface area contributed by atoms with Gasteiger partial charge in [0.15, 0.2) is 5.17 Å². The van der Waals surface area contributed by atoms with Crippen LogP contribution in [0, 0.1) is 3.57 Å². The van der Waals surface area contributed by atoms with E-state index in [1.807, 2.05) is 12.1 Å². The quantitative estimate of drug-likeness (QED) is 0.215. The zero-order chi connectivity index (χ0) is 17.7. The summed E-state index contributed by atoms with van der Waals surface area (Å²) in [5.74, 6) is -0.268. The van der Waals surface area contributed by atoms with Crippen molar-refractivity contribution in [3.8, 4) is 5.75 Å². The summed E-state index contributed by atoms with van der Waals surface area (Å²) in [6.07, 6.45) is 2.65. The lowest BCUT2D eigenvalue weighted by molar-refractivity contribution is -0.135. The molecular weight excluding hydrogens is 513 g/mol. The van der Waals surface area contributed by atoms with Gasteiger partial charge in [0.1, 0.15) is 5.75 Å². The van der Waals surface area contributed by atoms with Crippen LogP contribution in [-0.4, -0.2) is 37.5 Å². The molecule has 1 N–H and O–H groups in total. The number of carbonyl (C=O) groups excluding carboxylic acids is 2. The molecule has 1 amide bonds. The zero-order valence-corrected chi connectivity index (χ0v) is 17.1. The topological polar surface area (TPSA) is 89.3 Å². The molecule has 2 rings (SSSR count). The molecule has 1 heterocycles. The second-order valence-electron chi connectivity index (χ2n) is 4.25. The van der Waals surface area contributed by atoms with E-state index in [4.69, 9.17) is 4.74 Å². The summed E-state index contributed by atoms with van der Waals surface area (Å²) < 4.78 is 11.4. The second-order valence-corrected chi connectivity index (χ2v) is 7.29. The molecule has 10 heteroatoms. The van der Waals surface area contributed by atoms with E-state index in [-0.39, 0.29) is 10.1 Å². The number of ether oxygens (including phenoxy) is 2. The van der Waals surface area contributed by atoms with Gasteiger partial charge in [-0.25, -0.2) is 4.79 Å². The molecular formula is C14H11BrIN3O4S. The van der Waals surface area contributed by atoms with Crippen LogP contribution in [0.2, 0.25) is 0 Å². The van der Waals surface area contributed by atoms with E-state index in [2.05, 4.69) is 58.8 Å². The summed E-state index contributed by atoms with van der Waals surface area (Å²) in [7, 11) is 2.84. The van der Waals surface area contributed by atoms with Gasteiger partial charge in [-0.15, -0.1) is 5.10 Å². The second kappa shape index (κ2) is 8.62. The van der Waals surface area contributed by atoms with Gasteiger partial charge in [0.25, 0.3) is 5.91 Å². The molecule has 0 spiro atoms. The number of thioether (sulfide) groups is 1. The van der Waals surface area contributed by atoms with Crippen molar-refractivity contribution >= 4 is 73.5 Å². The summed E-state index contributed by atoms with van der Waals surface area (Å²) in [6, 6.07) is 3.72. The Morgan fingerprint density at radius 1 is 1.42 bits per heavy atom. The van der Waals surface area contributed by atoms with Gasteiger partial charge in [0.05, 0.1) is 28.9 Å². The SMILES string of the molecule is COC(=O)/C=C1/S/C(=N\N=Cc2cc(I)c(OC)cc2Br)NC1=O. The molecule has 0 bridgehead atoms. The van der Waals surface area contributed by atoms with Crippen LogP contribution >= 0.6 is 50.3 Å². The first-order valence-electron chi connectivity index (χ1n) is 6.37. The van der Waals surface area contributed by atoms with E-state index in [9.17, 15) is 9.59 Å². The Balaban J connectivity index is 2.13.